The predicted octanol–water partition coefficient (Wildman–Crippen LogP) is -0.353. The number of benzene rings is 1. The maximum atomic E-state index is 14.7. The Kier molecular flexibility index (Phi) is 7.94. The number of halogens is 2. The smallest absolute Gasteiger partial charge is 0.387 e. The molecule has 1 fully saturated rings. The molecule has 1 aliphatic heterocycles. The fraction of sp³-hybridized carbons (Fsp3) is 0.412. The molecule has 0 spiro atoms. The molecule has 0 saturated carbocycles. The number of nitrogens with zero attached hydrogens (tertiary/aromatic N) is 2. The normalized spacial score (nSPS) is 24.9. The van der Waals surface area contributed by atoms with Crippen molar-refractivity contribution in [2.45, 2.75) is 37.0 Å². The molecule has 1 aromatic carbocycles. The minimum Gasteiger partial charge on any atom is -0.387 e. The summed E-state index contributed by atoms with van der Waals surface area (Å²) in [5, 5.41) is 20.4. The number of hydrogen-bond acceptors (Lipinski definition) is 9. The zero-order chi connectivity index (χ0) is 26.2. The van der Waals surface area contributed by atoms with Gasteiger partial charge in [0, 0.05) is 17.8 Å². The fourth-order valence-corrected chi connectivity index (χ4v) is 4.86. The van der Waals surface area contributed by atoms with Gasteiger partial charge in [-0.15, -0.1) is 0 Å². The third-order valence-corrected chi connectivity index (χ3v) is 7.02. The molecule has 35 heavy (non-hydrogen) atoms. The van der Waals surface area contributed by atoms with Crippen molar-refractivity contribution in [1.82, 2.24) is 9.13 Å². The highest BCUT2D eigenvalue weighted by atomic mass is 31.3. The van der Waals surface area contributed by atoms with Gasteiger partial charge in [0.2, 0.25) is 0 Å². The lowest BCUT2D eigenvalue weighted by molar-refractivity contribution is -0.0569. The molecule has 0 amide bonds. The summed E-state index contributed by atoms with van der Waals surface area (Å²) >= 11 is 0. The Morgan fingerprint density at radius 2 is 1.66 bits per heavy atom. The highest BCUT2D eigenvalue weighted by Gasteiger charge is 2.46. The lowest BCUT2D eigenvalue weighted by atomic mass is 10.1. The molecule has 5 unspecified atom stereocenters. The van der Waals surface area contributed by atoms with Gasteiger partial charge in [-0.05, 0) is 0 Å². The molecule has 18 heteroatoms. The Balaban J connectivity index is 1.82. The van der Waals surface area contributed by atoms with Crippen LogP contribution in [0, 0.1) is 0 Å². The largest absolute Gasteiger partial charge is 0.481 e. The average molecular weight is 544 g/mol. The summed E-state index contributed by atoms with van der Waals surface area (Å²) in [6, 6.07) is 7.15. The van der Waals surface area contributed by atoms with Crippen LogP contribution in [0.25, 0.3) is 0 Å². The number of rotatable bonds is 9. The highest BCUT2D eigenvalue weighted by molar-refractivity contribution is 7.60. The Morgan fingerprint density at radius 1 is 1.03 bits per heavy atom. The van der Waals surface area contributed by atoms with Gasteiger partial charge >= 0.3 is 21.3 Å². The van der Waals surface area contributed by atoms with E-state index in [4.69, 9.17) is 14.5 Å². The molecule has 0 radical (unpaired) electrons. The summed E-state index contributed by atoms with van der Waals surface area (Å²) in [5.41, 5.74) is -2.85. The summed E-state index contributed by atoms with van der Waals surface area (Å²) in [6.45, 7) is -2.39. The van der Waals surface area contributed by atoms with Crippen molar-refractivity contribution in [3.63, 3.8) is 0 Å². The highest BCUT2D eigenvalue weighted by Crippen LogP contribution is 2.57. The molecule has 14 nitrogen and oxygen atoms in total. The standard InChI is InChI=1S/C17H20F2N2O12P2/c18-17(19,10-4-2-1-3-5-10)9-21-12(22)6-7-20(16(21)25)15-14(24)13(23)11(32-15)8-31-35(29,30)33-34(26,27)28/h1-7,11,13-15,23-24H,8-9H2,(H,29,30)(H2,26,27,28). The van der Waals surface area contributed by atoms with Crippen LogP contribution in [-0.2, 0) is 35.2 Å². The predicted molar refractivity (Wildman–Crippen MR) is 110 cm³/mol. The molecule has 1 aliphatic rings. The maximum Gasteiger partial charge on any atom is 0.481 e. The summed E-state index contributed by atoms with van der Waals surface area (Å²) in [6.07, 6.45) is -6.31. The van der Waals surface area contributed by atoms with Gasteiger partial charge in [-0.3, -0.25) is 18.5 Å². The third-order valence-electron chi connectivity index (χ3n) is 4.87. The van der Waals surface area contributed by atoms with E-state index in [-0.39, 0.29) is 4.57 Å². The number of ether oxygens (including phenoxy) is 1. The molecule has 5 N–H and O–H groups in total. The minimum absolute atomic E-state index is 0.203. The van der Waals surface area contributed by atoms with Gasteiger partial charge in [-0.2, -0.15) is 13.1 Å². The molecule has 194 valence electrons. The van der Waals surface area contributed by atoms with Gasteiger partial charge in [0.1, 0.15) is 18.3 Å². The Hall–Kier alpha value is -2.10. The van der Waals surface area contributed by atoms with Crippen molar-refractivity contribution in [2.75, 3.05) is 6.61 Å². The monoisotopic (exact) mass is 544 g/mol. The molecule has 1 saturated heterocycles. The Labute approximate surface area is 194 Å². The first-order valence-corrected chi connectivity index (χ1v) is 12.6. The van der Waals surface area contributed by atoms with Crippen LogP contribution in [0.1, 0.15) is 11.8 Å². The molecular weight excluding hydrogens is 524 g/mol. The summed E-state index contributed by atoms with van der Waals surface area (Å²) in [5.74, 6) is -3.63. The topological polar surface area (TPSA) is 207 Å². The van der Waals surface area contributed by atoms with Crippen molar-refractivity contribution >= 4 is 15.6 Å². The number of aromatic nitrogens is 2. The quantitative estimate of drug-likeness (QED) is 0.257. The molecule has 0 aliphatic carbocycles. The van der Waals surface area contributed by atoms with Crippen LogP contribution >= 0.6 is 15.6 Å². The summed E-state index contributed by atoms with van der Waals surface area (Å²) in [4.78, 5) is 51.5. The van der Waals surface area contributed by atoms with E-state index in [0.29, 0.717) is 4.57 Å². The molecule has 1 aromatic heterocycles. The molecule has 0 bridgehead atoms. The second-order valence-electron chi connectivity index (χ2n) is 7.38. The second-order valence-corrected chi connectivity index (χ2v) is 10.2. The van der Waals surface area contributed by atoms with Gasteiger partial charge in [0.25, 0.3) is 11.5 Å². The number of alkyl halides is 2. The van der Waals surface area contributed by atoms with E-state index in [9.17, 15) is 42.6 Å². The molecular formula is C17H20F2N2O12P2. The molecule has 5 atom stereocenters. The van der Waals surface area contributed by atoms with Crippen LogP contribution < -0.4 is 11.2 Å². The third kappa shape index (κ3) is 6.57. The Morgan fingerprint density at radius 3 is 2.26 bits per heavy atom. The van der Waals surface area contributed by atoms with Crippen LogP contribution in [0.2, 0.25) is 0 Å². The summed E-state index contributed by atoms with van der Waals surface area (Å²) in [7, 11) is -10.7. The average Bonchev–Trinajstić information content (AvgIpc) is 3.03. The van der Waals surface area contributed by atoms with Crippen molar-refractivity contribution in [3.05, 3.63) is 69.0 Å². The molecule has 2 aromatic rings. The van der Waals surface area contributed by atoms with Gasteiger partial charge < -0.3 is 29.6 Å². The van der Waals surface area contributed by atoms with Crippen molar-refractivity contribution in [3.8, 4) is 0 Å². The van der Waals surface area contributed by atoms with Crippen LogP contribution in [-0.4, -0.2) is 58.9 Å². The van der Waals surface area contributed by atoms with Crippen LogP contribution in [0.3, 0.4) is 0 Å². The first-order valence-electron chi connectivity index (χ1n) is 9.62. The van der Waals surface area contributed by atoms with E-state index in [0.717, 1.165) is 24.4 Å². The number of phosphoric ester groups is 1. The second kappa shape index (κ2) is 10.1. The van der Waals surface area contributed by atoms with E-state index in [1.54, 1.807) is 0 Å². The fourth-order valence-electron chi connectivity index (χ4n) is 3.26. The number of hydrogen-bond donors (Lipinski definition) is 5. The van der Waals surface area contributed by atoms with Crippen molar-refractivity contribution < 1.29 is 56.4 Å². The minimum atomic E-state index is -5.42. The first-order chi connectivity index (χ1) is 16.1. The van der Waals surface area contributed by atoms with Gasteiger partial charge in [0.15, 0.2) is 6.23 Å². The van der Waals surface area contributed by atoms with Gasteiger partial charge in [-0.1, -0.05) is 30.3 Å². The van der Waals surface area contributed by atoms with E-state index >= 15 is 0 Å². The van der Waals surface area contributed by atoms with Gasteiger partial charge in [0.05, 0.1) is 13.2 Å². The van der Waals surface area contributed by atoms with Crippen LogP contribution in [0.15, 0.2) is 52.2 Å². The Bertz CT molecular complexity index is 1260. The number of aliphatic hydroxyl groups excluding tert-OH is 2. The van der Waals surface area contributed by atoms with E-state index in [1.165, 1.54) is 18.2 Å². The van der Waals surface area contributed by atoms with Crippen molar-refractivity contribution in [1.29, 1.82) is 0 Å². The first kappa shape index (κ1) is 27.5. The zero-order valence-corrected chi connectivity index (χ0v) is 19.2. The number of phosphoric acid groups is 2. The maximum absolute atomic E-state index is 14.7. The zero-order valence-electron chi connectivity index (χ0n) is 17.4. The van der Waals surface area contributed by atoms with E-state index in [2.05, 4.69) is 8.83 Å². The van der Waals surface area contributed by atoms with E-state index in [1.807, 2.05) is 0 Å². The van der Waals surface area contributed by atoms with Gasteiger partial charge in [-0.25, -0.2) is 13.9 Å². The summed E-state index contributed by atoms with van der Waals surface area (Å²) < 4.78 is 65.5. The van der Waals surface area contributed by atoms with Crippen molar-refractivity contribution in [2.24, 2.45) is 0 Å². The number of aliphatic hydroxyl groups is 2. The van der Waals surface area contributed by atoms with E-state index < -0.39 is 76.1 Å². The van der Waals surface area contributed by atoms with Crippen LogP contribution in [0.4, 0.5) is 8.78 Å². The molecule has 3 rings (SSSR count). The van der Waals surface area contributed by atoms with Crippen LogP contribution in [0.5, 0.6) is 0 Å². The lowest BCUT2D eigenvalue weighted by Crippen LogP contribution is -2.45. The SMILES string of the molecule is O=c1ccn(C2OC(COP(=O)(O)OP(=O)(O)O)C(O)C2O)c(=O)n1CC(F)(F)c1ccccc1. The molecule has 2 heterocycles. The lowest BCUT2D eigenvalue weighted by Gasteiger charge is -2.21.